The summed E-state index contributed by atoms with van der Waals surface area (Å²) in [6.07, 6.45) is 3.54. The Bertz CT molecular complexity index is 604. The summed E-state index contributed by atoms with van der Waals surface area (Å²) < 4.78 is 6.57. The second-order valence-corrected chi connectivity index (χ2v) is 7.07. The number of rotatable bonds is 5. The van der Waals surface area contributed by atoms with Crippen molar-refractivity contribution in [2.75, 3.05) is 7.05 Å². The molecule has 0 aliphatic heterocycles. The van der Waals surface area contributed by atoms with Crippen LogP contribution in [0.3, 0.4) is 0 Å². The topological polar surface area (TPSA) is 51.0 Å². The molecule has 3 rings (SSSR count). The molecule has 0 spiro atoms. The molecule has 0 radical (unpaired) electrons. The highest BCUT2D eigenvalue weighted by Crippen LogP contribution is 2.34. The number of halogens is 1. The van der Waals surface area contributed by atoms with Gasteiger partial charge in [-0.05, 0) is 48.0 Å². The largest absolute Gasteiger partial charge is 0.339 e. The third-order valence-corrected chi connectivity index (χ3v) is 5.90. The number of thioether (sulfide) groups is 1. The molecule has 0 amide bonds. The summed E-state index contributed by atoms with van der Waals surface area (Å²) in [5.74, 6) is 2.65. The summed E-state index contributed by atoms with van der Waals surface area (Å²) in [7, 11) is 2.00. The average Bonchev–Trinajstić information content (AvgIpc) is 3.14. The van der Waals surface area contributed by atoms with E-state index in [0.29, 0.717) is 12.0 Å². The fraction of sp³-hybridized carbons (Fsp3) is 0.467. The fourth-order valence-corrected chi connectivity index (χ4v) is 4.19. The molecule has 1 aliphatic carbocycles. The molecule has 1 saturated carbocycles. The van der Waals surface area contributed by atoms with Crippen molar-refractivity contribution in [1.29, 1.82) is 0 Å². The van der Waals surface area contributed by atoms with Gasteiger partial charge in [0, 0.05) is 15.4 Å². The minimum atomic E-state index is 0.365. The van der Waals surface area contributed by atoms with Gasteiger partial charge in [0.25, 0.3) is 0 Å². The molecule has 1 N–H and O–H groups in total. The van der Waals surface area contributed by atoms with Crippen LogP contribution >= 0.6 is 27.7 Å². The van der Waals surface area contributed by atoms with Crippen LogP contribution in [0.15, 0.2) is 38.2 Å². The summed E-state index contributed by atoms with van der Waals surface area (Å²) in [6.45, 7) is 0. The van der Waals surface area contributed by atoms with Crippen LogP contribution in [0.25, 0.3) is 0 Å². The molecule has 1 aromatic heterocycles. The normalized spacial score (nSPS) is 21.8. The van der Waals surface area contributed by atoms with Crippen LogP contribution in [0.1, 0.15) is 36.9 Å². The van der Waals surface area contributed by atoms with Crippen LogP contribution in [0.5, 0.6) is 0 Å². The van der Waals surface area contributed by atoms with Gasteiger partial charge in [-0.25, -0.2) is 0 Å². The van der Waals surface area contributed by atoms with Crippen molar-refractivity contribution < 1.29 is 4.52 Å². The van der Waals surface area contributed by atoms with Crippen molar-refractivity contribution in [3.63, 3.8) is 0 Å². The summed E-state index contributed by atoms with van der Waals surface area (Å²) in [4.78, 5) is 5.77. The molecule has 112 valence electrons. The Morgan fingerprint density at radius 2 is 2.24 bits per heavy atom. The van der Waals surface area contributed by atoms with Gasteiger partial charge < -0.3 is 9.84 Å². The lowest BCUT2D eigenvalue weighted by Gasteiger charge is -2.14. The Morgan fingerprint density at radius 1 is 1.38 bits per heavy atom. The van der Waals surface area contributed by atoms with E-state index in [2.05, 4.69) is 37.5 Å². The molecule has 2 aromatic rings. The van der Waals surface area contributed by atoms with Gasteiger partial charge in [-0.3, -0.25) is 0 Å². The van der Waals surface area contributed by atoms with Gasteiger partial charge >= 0.3 is 0 Å². The van der Waals surface area contributed by atoms with Crippen LogP contribution in [-0.2, 0) is 5.75 Å². The lowest BCUT2D eigenvalue weighted by Crippen LogP contribution is -2.27. The summed E-state index contributed by atoms with van der Waals surface area (Å²) in [5, 5.41) is 7.47. The monoisotopic (exact) mass is 367 g/mol. The molecule has 1 aliphatic rings. The van der Waals surface area contributed by atoms with Crippen LogP contribution in [0, 0.1) is 0 Å². The first-order chi connectivity index (χ1) is 10.3. The Morgan fingerprint density at radius 3 is 3.05 bits per heavy atom. The van der Waals surface area contributed by atoms with E-state index >= 15 is 0 Å². The Labute approximate surface area is 137 Å². The fourth-order valence-electron chi connectivity index (χ4n) is 2.78. The van der Waals surface area contributed by atoms with E-state index in [1.807, 2.05) is 25.2 Å². The SMILES string of the molecule is CNC1CCCC1c1nc(CSc2ccccc2Br)no1. The molecule has 21 heavy (non-hydrogen) atoms. The molecule has 2 unspecified atom stereocenters. The molecule has 1 heterocycles. The summed E-state index contributed by atoms with van der Waals surface area (Å²) >= 11 is 5.27. The molecule has 0 saturated heterocycles. The maximum absolute atomic E-state index is 5.47. The second kappa shape index (κ2) is 6.94. The predicted molar refractivity (Wildman–Crippen MR) is 87.4 cm³/mol. The number of hydrogen-bond acceptors (Lipinski definition) is 5. The van der Waals surface area contributed by atoms with E-state index in [0.717, 1.165) is 28.4 Å². The molecule has 6 heteroatoms. The second-order valence-electron chi connectivity index (χ2n) is 5.20. The molecular weight excluding hydrogens is 350 g/mol. The lowest BCUT2D eigenvalue weighted by atomic mass is 10.0. The van der Waals surface area contributed by atoms with Crippen molar-refractivity contribution in [1.82, 2.24) is 15.5 Å². The highest BCUT2D eigenvalue weighted by atomic mass is 79.9. The molecule has 1 aromatic carbocycles. The lowest BCUT2D eigenvalue weighted by molar-refractivity contribution is 0.333. The van der Waals surface area contributed by atoms with Crippen LogP contribution in [0.2, 0.25) is 0 Å². The maximum Gasteiger partial charge on any atom is 0.231 e. The average molecular weight is 368 g/mol. The number of benzene rings is 1. The van der Waals surface area contributed by atoms with Crippen molar-refractivity contribution in [3.8, 4) is 0 Å². The van der Waals surface area contributed by atoms with E-state index in [1.165, 1.54) is 17.7 Å². The number of aromatic nitrogens is 2. The number of likely N-dealkylation sites (N-methyl/N-ethyl adjacent to an activating group) is 1. The van der Waals surface area contributed by atoms with E-state index in [4.69, 9.17) is 4.52 Å². The molecule has 1 fully saturated rings. The maximum atomic E-state index is 5.47. The first-order valence-corrected chi connectivity index (χ1v) is 8.93. The minimum Gasteiger partial charge on any atom is -0.339 e. The number of nitrogens with one attached hydrogen (secondary N) is 1. The standard InChI is InChI=1S/C15H18BrN3OS/c1-17-12-7-4-5-10(12)15-18-14(19-20-15)9-21-13-8-3-2-6-11(13)16/h2-3,6,8,10,12,17H,4-5,7,9H2,1H3. The molecule has 4 nitrogen and oxygen atoms in total. The first kappa shape index (κ1) is 15.1. The smallest absolute Gasteiger partial charge is 0.231 e. The first-order valence-electron chi connectivity index (χ1n) is 7.15. The van der Waals surface area contributed by atoms with Crippen molar-refractivity contribution >= 4 is 27.7 Å². The quantitative estimate of drug-likeness (QED) is 0.809. The van der Waals surface area contributed by atoms with Gasteiger partial charge in [-0.1, -0.05) is 23.7 Å². The Balaban J connectivity index is 1.64. The van der Waals surface area contributed by atoms with Gasteiger partial charge in [0.15, 0.2) is 5.82 Å². The Hall–Kier alpha value is -0.850. The third-order valence-electron chi connectivity index (χ3n) is 3.88. The van der Waals surface area contributed by atoms with E-state index < -0.39 is 0 Å². The zero-order valence-corrected chi connectivity index (χ0v) is 14.3. The summed E-state index contributed by atoms with van der Waals surface area (Å²) in [6, 6.07) is 8.64. The van der Waals surface area contributed by atoms with Crippen molar-refractivity contribution in [2.24, 2.45) is 0 Å². The minimum absolute atomic E-state index is 0.365. The highest BCUT2D eigenvalue weighted by molar-refractivity contribution is 9.10. The van der Waals surface area contributed by atoms with Crippen LogP contribution < -0.4 is 5.32 Å². The van der Waals surface area contributed by atoms with E-state index in [-0.39, 0.29) is 0 Å². The van der Waals surface area contributed by atoms with Gasteiger partial charge in [0.2, 0.25) is 5.89 Å². The predicted octanol–water partition coefficient (Wildman–Crippen LogP) is 3.98. The van der Waals surface area contributed by atoms with E-state index in [9.17, 15) is 0 Å². The molecule has 0 bridgehead atoms. The van der Waals surface area contributed by atoms with Crippen molar-refractivity contribution in [2.45, 2.75) is 41.9 Å². The zero-order chi connectivity index (χ0) is 14.7. The Kier molecular flexibility index (Phi) is 4.98. The number of nitrogens with zero attached hydrogens (tertiary/aromatic N) is 2. The highest BCUT2D eigenvalue weighted by Gasteiger charge is 2.31. The van der Waals surface area contributed by atoms with Crippen LogP contribution in [-0.4, -0.2) is 23.2 Å². The van der Waals surface area contributed by atoms with Gasteiger partial charge in [-0.15, -0.1) is 11.8 Å². The molecule has 2 atom stereocenters. The van der Waals surface area contributed by atoms with Crippen LogP contribution in [0.4, 0.5) is 0 Å². The van der Waals surface area contributed by atoms with Gasteiger partial charge in [-0.2, -0.15) is 4.98 Å². The third kappa shape index (κ3) is 3.49. The van der Waals surface area contributed by atoms with Gasteiger partial charge in [0.1, 0.15) is 0 Å². The molecular formula is C15H18BrN3OS. The van der Waals surface area contributed by atoms with Crippen molar-refractivity contribution in [3.05, 3.63) is 40.5 Å². The summed E-state index contributed by atoms with van der Waals surface area (Å²) in [5.41, 5.74) is 0. The van der Waals surface area contributed by atoms with E-state index in [1.54, 1.807) is 11.8 Å². The zero-order valence-electron chi connectivity index (χ0n) is 11.9. The van der Waals surface area contributed by atoms with Gasteiger partial charge in [0.05, 0.1) is 11.7 Å². The number of hydrogen-bond donors (Lipinski definition) is 1.